The van der Waals surface area contributed by atoms with Crippen molar-refractivity contribution in [3.05, 3.63) is 27.2 Å². The number of carbonyl (C=O) groups is 1. The van der Waals surface area contributed by atoms with Gasteiger partial charge in [0.15, 0.2) is 0 Å². The summed E-state index contributed by atoms with van der Waals surface area (Å²) in [7, 11) is 0. The molecule has 0 radical (unpaired) electrons. The Morgan fingerprint density at radius 2 is 2.11 bits per heavy atom. The lowest BCUT2D eigenvalue weighted by Crippen LogP contribution is -2.40. The van der Waals surface area contributed by atoms with E-state index in [1.807, 2.05) is 32.9 Å². The zero-order valence-corrected chi connectivity index (χ0v) is 13.6. The highest BCUT2D eigenvalue weighted by molar-refractivity contribution is 9.10. The number of amides is 1. The third-order valence-electron chi connectivity index (χ3n) is 2.86. The molecule has 19 heavy (non-hydrogen) atoms. The van der Waals surface area contributed by atoms with Crippen LogP contribution in [-0.2, 0) is 11.2 Å². The quantitative estimate of drug-likeness (QED) is 0.676. The van der Waals surface area contributed by atoms with Crippen LogP contribution in [0.3, 0.4) is 0 Å². The SMILES string of the molecule is CC(C)(C)OC(=O)N1CCCc2ccc(Br)c(Cl)c21. The monoisotopic (exact) mass is 345 g/mol. The minimum atomic E-state index is -0.507. The summed E-state index contributed by atoms with van der Waals surface area (Å²) in [6, 6.07) is 3.92. The molecule has 1 aromatic carbocycles. The predicted molar refractivity (Wildman–Crippen MR) is 81.1 cm³/mol. The van der Waals surface area contributed by atoms with Gasteiger partial charge in [-0.05, 0) is 61.2 Å². The second-order valence-electron chi connectivity index (χ2n) is 5.60. The number of anilines is 1. The van der Waals surface area contributed by atoms with E-state index in [1.54, 1.807) is 4.90 Å². The molecule has 1 aromatic rings. The van der Waals surface area contributed by atoms with Crippen molar-refractivity contribution < 1.29 is 9.53 Å². The van der Waals surface area contributed by atoms with E-state index in [0.29, 0.717) is 11.6 Å². The minimum Gasteiger partial charge on any atom is -0.443 e. The molecule has 104 valence electrons. The van der Waals surface area contributed by atoms with Gasteiger partial charge < -0.3 is 4.74 Å². The zero-order valence-electron chi connectivity index (χ0n) is 11.3. The van der Waals surface area contributed by atoms with Gasteiger partial charge in [-0.1, -0.05) is 17.7 Å². The molecule has 1 heterocycles. The third kappa shape index (κ3) is 3.23. The van der Waals surface area contributed by atoms with Crippen LogP contribution in [0.5, 0.6) is 0 Å². The molecule has 0 saturated heterocycles. The van der Waals surface area contributed by atoms with E-state index < -0.39 is 5.60 Å². The molecule has 2 rings (SSSR count). The molecule has 5 heteroatoms. The van der Waals surface area contributed by atoms with Crippen LogP contribution in [0.15, 0.2) is 16.6 Å². The summed E-state index contributed by atoms with van der Waals surface area (Å²) in [5.74, 6) is 0. The molecule has 0 fully saturated rings. The minimum absolute atomic E-state index is 0.339. The average molecular weight is 347 g/mol. The normalized spacial score (nSPS) is 15.1. The van der Waals surface area contributed by atoms with Crippen LogP contribution < -0.4 is 4.90 Å². The fourth-order valence-electron chi connectivity index (χ4n) is 2.11. The number of aryl methyl sites for hydroxylation is 1. The fraction of sp³-hybridized carbons (Fsp3) is 0.500. The lowest BCUT2D eigenvalue weighted by atomic mass is 10.0. The van der Waals surface area contributed by atoms with Crippen LogP contribution in [0.1, 0.15) is 32.8 Å². The molecule has 0 spiro atoms. The van der Waals surface area contributed by atoms with Crippen LogP contribution in [0.25, 0.3) is 0 Å². The molecule has 0 unspecified atom stereocenters. The van der Waals surface area contributed by atoms with Crippen molar-refractivity contribution >= 4 is 39.3 Å². The number of hydrogen-bond donors (Lipinski definition) is 0. The van der Waals surface area contributed by atoms with Crippen molar-refractivity contribution in [2.24, 2.45) is 0 Å². The van der Waals surface area contributed by atoms with Crippen molar-refractivity contribution in [2.45, 2.75) is 39.2 Å². The lowest BCUT2D eigenvalue weighted by molar-refractivity contribution is 0.0578. The zero-order chi connectivity index (χ0) is 14.2. The Bertz CT molecular complexity index is 511. The largest absolute Gasteiger partial charge is 0.443 e. The van der Waals surface area contributed by atoms with Crippen LogP contribution in [0.4, 0.5) is 10.5 Å². The number of halogens is 2. The van der Waals surface area contributed by atoms with Gasteiger partial charge in [0.1, 0.15) is 5.60 Å². The van der Waals surface area contributed by atoms with Crippen molar-refractivity contribution in [3.63, 3.8) is 0 Å². The molecule has 0 bridgehead atoms. The molecule has 0 aliphatic carbocycles. The first-order valence-corrected chi connectivity index (χ1v) is 7.44. The maximum atomic E-state index is 12.3. The van der Waals surface area contributed by atoms with Crippen LogP contribution in [0, 0.1) is 0 Å². The topological polar surface area (TPSA) is 29.5 Å². The standard InChI is InChI=1S/C14H17BrClNO2/c1-14(2,3)19-13(18)17-8-4-5-9-6-7-10(15)11(16)12(9)17/h6-7H,4-5,8H2,1-3H3. The number of benzene rings is 1. The Hall–Kier alpha value is -0.740. The van der Waals surface area contributed by atoms with E-state index in [4.69, 9.17) is 16.3 Å². The molecular weight excluding hydrogens is 330 g/mol. The number of ether oxygens (including phenoxy) is 1. The summed E-state index contributed by atoms with van der Waals surface area (Å²) < 4.78 is 6.24. The highest BCUT2D eigenvalue weighted by Crippen LogP contribution is 2.39. The summed E-state index contributed by atoms with van der Waals surface area (Å²) in [6.45, 7) is 6.22. The number of hydrogen-bond acceptors (Lipinski definition) is 2. The van der Waals surface area contributed by atoms with Crippen LogP contribution >= 0.6 is 27.5 Å². The van der Waals surface area contributed by atoms with Crippen LogP contribution in [-0.4, -0.2) is 18.2 Å². The van der Waals surface area contributed by atoms with Gasteiger partial charge in [-0.2, -0.15) is 0 Å². The van der Waals surface area contributed by atoms with E-state index in [2.05, 4.69) is 15.9 Å². The summed E-state index contributed by atoms with van der Waals surface area (Å²) in [5.41, 5.74) is 1.36. The summed E-state index contributed by atoms with van der Waals surface area (Å²) in [4.78, 5) is 13.9. The van der Waals surface area contributed by atoms with Gasteiger partial charge in [-0.15, -0.1) is 0 Å². The lowest BCUT2D eigenvalue weighted by Gasteiger charge is -2.32. The smallest absolute Gasteiger partial charge is 0.414 e. The Morgan fingerprint density at radius 1 is 1.42 bits per heavy atom. The molecule has 1 amide bonds. The van der Waals surface area contributed by atoms with Crippen molar-refractivity contribution in [1.82, 2.24) is 0 Å². The van der Waals surface area contributed by atoms with Crippen molar-refractivity contribution in [3.8, 4) is 0 Å². The van der Waals surface area contributed by atoms with E-state index >= 15 is 0 Å². The Labute approximate surface area is 127 Å². The van der Waals surface area contributed by atoms with Gasteiger partial charge in [0.2, 0.25) is 0 Å². The van der Waals surface area contributed by atoms with Crippen LogP contribution in [0.2, 0.25) is 5.02 Å². The van der Waals surface area contributed by atoms with E-state index in [-0.39, 0.29) is 6.09 Å². The number of fused-ring (bicyclic) bond motifs is 1. The Morgan fingerprint density at radius 3 is 2.74 bits per heavy atom. The molecule has 0 N–H and O–H groups in total. The summed E-state index contributed by atoms with van der Waals surface area (Å²) in [6.07, 6.45) is 1.51. The Kier molecular flexibility index (Phi) is 4.11. The first kappa shape index (κ1) is 14.7. The van der Waals surface area contributed by atoms with Gasteiger partial charge in [0, 0.05) is 11.0 Å². The van der Waals surface area contributed by atoms with E-state index in [1.165, 1.54) is 0 Å². The molecule has 0 atom stereocenters. The van der Waals surface area contributed by atoms with Crippen molar-refractivity contribution in [1.29, 1.82) is 0 Å². The first-order chi connectivity index (χ1) is 8.79. The molecular formula is C14H17BrClNO2. The maximum absolute atomic E-state index is 12.3. The second kappa shape index (κ2) is 5.33. The van der Waals surface area contributed by atoms with E-state index in [0.717, 1.165) is 28.6 Å². The average Bonchev–Trinajstić information content (AvgIpc) is 2.31. The van der Waals surface area contributed by atoms with Gasteiger partial charge in [-0.25, -0.2) is 4.79 Å². The molecule has 3 nitrogen and oxygen atoms in total. The molecule has 0 saturated carbocycles. The maximum Gasteiger partial charge on any atom is 0.414 e. The molecule has 1 aliphatic rings. The number of rotatable bonds is 0. The van der Waals surface area contributed by atoms with E-state index in [9.17, 15) is 4.79 Å². The second-order valence-corrected chi connectivity index (χ2v) is 6.84. The number of carbonyl (C=O) groups excluding carboxylic acids is 1. The third-order valence-corrected chi connectivity index (χ3v) is 4.14. The predicted octanol–water partition coefficient (Wildman–Crippen LogP) is 4.79. The van der Waals surface area contributed by atoms with Crippen molar-refractivity contribution in [2.75, 3.05) is 11.4 Å². The highest BCUT2D eigenvalue weighted by atomic mass is 79.9. The van der Waals surface area contributed by atoms with Gasteiger partial charge in [0.05, 0.1) is 10.7 Å². The highest BCUT2D eigenvalue weighted by Gasteiger charge is 2.29. The van der Waals surface area contributed by atoms with Gasteiger partial charge >= 0.3 is 6.09 Å². The summed E-state index contributed by atoms with van der Waals surface area (Å²) >= 11 is 9.73. The Balaban J connectivity index is 2.37. The van der Waals surface area contributed by atoms with Gasteiger partial charge in [0.25, 0.3) is 0 Å². The summed E-state index contributed by atoms with van der Waals surface area (Å²) in [5, 5.41) is 0.572. The number of nitrogens with zero attached hydrogens (tertiary/aromatic N) is 1. The molecule has 1 aliphatic heterocycles. The fourth-order valence-corrected chi connectivity index (χ4v) is 2.72. The molecule has 0 aromatic heterocycles. The van der Waals surface area contributed by atoms with Gasteiger partial charge in [-0.3, -0.25) is 4.90 Å². The first-order valence-electron chi connectivity index (χ1n) is 6.27.